The summed E-state index contributed by atoms with van der Waals surface area (Å²) in [5.41, 5.74) is 1.50. The summed E-state index contributed by atoms with van der Waals surface area (Å²) in [7, 11) is 0. The molecule has 4 saturated carbocycles. The predicted molar refractivity (Wildman–Crippen MR) is 125 cm³/mol. The number of anilines is 1. The first-order valence-electron chi connectivity index (χ1n) is 11.7. The van der Waals surface area contributed by atoms with E-state index < -0.39 is 5.41 Å². The number of carbonyl (C=O) groups excluding carboxylic acids is 2. The third-order valence-corrected chi connectivity index (χ3v) is 8.22. The number of benzene rings is 2. The zero-order valence-corrected chi connectivity index (χ0v) is 19.1. The predicted octanol–water partition coefficient (Wildman–Crippen LogP) is 4.86. The van der Waals surface area contributed by atoms with Gasteiger partial charge in [-0.15, -0.1) is 11.6 Å². The lowest BCUT2D eigenvalue weighted by Crippen LogP contribution is -2.57. The number of hydrogen-bond donors (Lipinski definition) is 2. The molecule has 2 aromatic rings. The van der Waals surface area contributed by atoms with Crippen LogP contribution in [0.4, 0.5) is 5.69 Å². The fourth-order valence-electron chi connectivity index (χ4n) is 6.79. The maximum absolute atomic E-state index is 13.5. The molecule has 2 N–H and O–H groups in total. The van der Waals surface area contributed by atoms with Crippen LogP contribution in [0, 0.1) is 17.3 Å². The van der Waals surface area contributed by atoms with E-state index in [2.05, 4.69) is 10.6 Å². The molecule has 4 bridgehead atoms. The van der Waals surface area contributed by atoms with Crippen molar-refractivity contribution in [2.75, 3.05) is 12.1 Å². The minimum absolute atomic E-state index is 0.0117. The molecule has 172 valence electrons. The molecule has 1 aliphatic heterocycles. The Morgan fingerprint density at radius 3 is 2.55 bits per heavy atom. The molecule has 7 rings (SSSR count). The first-order chi connectivity index (χ1) is 15.9. The number of ether oxygens (including phenoxy) is 2. The molecule has 6 nitrogen and oxygen atoms in total. The maximum atomic E-state index is 13.5. The van der Waals surface area contributed by atoms with Gasteiger partial charge in [-0.2, -0.15) is 0 Å². The van der Waals surface area contributed by atoms with Gasteiger partial charge in [0.1, 0.15) is 0 Å². The highest BCUT2D eigenvalue weighted by atomic mass is 35.5. The van der Waals surface area contributed by atoms with E-state index in [1.165, 1.54) is 6.42 Å². The molecule has 4 fully saturated rings. The highest BCUT2D eigenvalue weighted by Gasteiger charge is 2.60. The third kappa shape index (κ3) is 3.74. The summed E-state index contributed by atoms with van der Waals surface area (Å²) in [6.45, 7) is 0.561. The molecule has 5 aliphatic rings. The number of fused-ring (bicyclic) bond motifs is 1. The van der Waals surface area contributed by atoms with Crippen LogP contribution in [-0.2, 0) is 11.3 Å². The van der Waals surface area contributed by atoms with Crippen LogP contribution in [0.25, 0.3) is 0 Å². The highest BCUT2D eigenvalue weighted by molar-refractivity contribution is 6.24. The second kappa shape index (κ2) is 7.66. The van der Waals surface area contributed by atoms with Gasteiger partial charge in [-0.25, -0.2) is 0 Å². The van der Waals surface area contributed by atoms with E-state index in [0.717, 1.165) is 37.7 Å². The van der Waals surface area contributed by atoms with E-state index in [1.807, 2.05) is 30.3 Å². The lowest BCUT2D eigenvalue weighted by molar-refractivity contribution is -0.138. The molecule has 0 radical (unpaired) electrons. The Bertz CT molecular complexity index is 1120. The number of carbonyl (C=O) groups is 2. The van der Waals surface area contributed by atoms with Gasteiger partial charge in [0.25, 0.3) is 5.91 Å². The van der Waals surface area contributed by atoms with Crippen molar-refractivity contribution in [1.82, 2.24) is 5.32 Å². The van der Waals surface area contributed by atoms with Gasteiger partial charge in [0, 0.05) is 11.4 Å². The molecule has 0 aromatic heterocycles. The van der Waals surface area contributed by atoms with Crippen LogP contribution in [0.5, 0.6) is 11.5 Å². The van der Waals surface area contributed by atoms with Crippen molar-refractivity contribution in [1.29, 1.82) is 0 Å². The molecule has 0 spiro atoms. The summed E-state index contributed by atoms with van der Waals surface area (Å²) in [4.78, 5) is 26.3. The lowest BCUT2D eigenvalue weighted by Gasteiger charge is -2.59. The summed E-state index contributed by atoms with van der Waals surface area (Å²) >= 11 is 6.92. The Kier molecular flexibility index (Phi) is 4.84. The molecule has 2 aromatic carbocycles. The van der Waals surface area contributed by atoms with Crippen molar-refractivity contribution in [3.05, 3.63) is 53.6 Å². The van der Waals surface area contributed by atoms with E-state index >= 15 is 0 Å². The van der Waals surface area contributed by atoms with Crippen molar-refractivity contribution < 1.29 is 19.1 Å². The summed E-state index contributed by atoms with van der Waals surface area (Å²) in [6, 6.07) is 12.8. The lowest BCUT2D eigenvalue weighted by atomic mass is 9.49. The highest BCUT2D eigenvalue weighted by Crippen LogP contribution is 2.64. The van der Waals surface area contributed by atoms with Gasteiger partial charge in [-0.05, 0) is 80.2 Å². The number of alkyl halides is 1. The Balaban J connectivity index is 1.17. The number of rotatable bonds is 5. The second-order valence-corrected chi connectivity index (χ2v) is 11.1. The Morgan fingerprint density at radius 1 is 1.00 bits per heavy atom. The molecule has 0 saturated heterocycles. The van der Waals surface area contributed by atoms with Crippen LogP contribution < -0.4 is 20.1 Å². The van der Waals surface area contributed by atoms with E-state index in [4.69, 9.17) is 21.1 Å². The molecule has 1 heterocycles. The second-order valence-electron chi connectivity index (χ2n) is 10.3. The standard InChI is InChI=1S/C26H27ClN2O4/c27-26-11-17-7-18(12-26)10-25(9-17,14-26)24(31)29-20-4-2-1-3-19(20)23(30)28-13-16-5-6-21-22(8-16)33-15-32-21/h1-6,8,17-18H,7,9-15H2,(H,28,30)(H,29,31). The van der Waals surface area contributed by atoms with Crippen LogP contribution in [0.1, 0.15) is 54.4 Å². The number of hydrogen-bond acceptors (Lipinski definition) is 4. The SMILES string of the molecule is O=C(NCc1ccc2c(c1)OCO2)c1ccccc1NC(=O)C12CC3CC(CC(Cl)(C3)C1)C2. The van der Waals surface area contributed by atoms with Crippen molar-refractivity contribution in [2.24, 2.45) is 17.3 Å². The number of halogens is 1. The van der Waals surface area contributed by atoms with Crippen LogP contribution >= 0.6 is 11.6 Å². The van der Waals surface area contributed by atoms with Gasteiger partial charge in [0.2, 0.25) is 12.7 Å². The van der Waals surface area contributed by atoms with E-state index in [0.29, 0.717) is 41.1 Å². The Morgan fingerprint density at radius 2 is 1.76 bits per heavy atom. The summed E-state index contributed by atoms with van der Waals surface area (Å²) < 4.78 is 10.7. The first-order valence-corrected chi connectivity index (χ1v) is 12.1. The van der Waals surface area contributed by atoms with Gasteiger partial charge < -0.3 is 20.1 Å². The van der Waals surface area contributed by atoms with Crippen molar-refractivity contribution in [3.8, 4) is 11.5 Å². The fourth-order valence-corrected chi connectivity index (χ4v) is 7.48. The zero-order valence-electron chi connectivity index (χ0n) is 18.4. The third-order valence-electron chi connectivity index (χ3n) is 7.78. The largest absolute Gasteiger partial charge is 0.454 e. The molecule has 33 heavy (non-hydrogen) atoms. The number of nitrogens with one attached hydrogen (secondary N) is 2. The topological polar surface area (TPSA) is 76.7 Å². The first kappa shape index (κ1) is 20.8. The maximum Gasteiger partial charge on any atom is 0.253 e. The van der Waals surface area contributed by atoms with Gasteiger partial charge in [-0.1, -0.05) is 18.2 Å². The van der Waals surface area contributed by atoms with Gasteiger partial charge in [0.05, 0.1) is 16.7 Å². The molecular weight excluding hydrogens is 440 g/mol. The van der Waals surface area contributed by atoms with E-state index in [-0.39, 0.29) is 23.5 Å². The Labute approximate surface area is 198 Å². The Hall–Kier alpha value is -2.73. The minimum atomic E-state index is -0.415. The summed E-state index contributed by atoms with van der Waals surface area (Å²) in [6.07, 6.45) is 5.80. The minimum Gasteiger partial charge on any atom is -0.454 e. The van der Waals surface area contributed by atoms with Crippen molar-refractivity contribution in [2.45, 2.75) is 49.9 Å². The molecule has 4 aliphatic carbocycles. The molecular formula is C26H27ClN2O4. The zero-order chi connectivity index (χ0) is 22.6. The monoisotopic (exact) mass is 466 g/mol. The molecule has 2 unspecified atom stereocenters. The smallest absolute Gasteiger partial charge is 0.253 e. The normalized spacial score (nSPS) is 30.8. The van der Waals surface area contributed by atoms with Gasteiger partial charge in [-0.3, -0.25) is 9.59 Å². The van der Waals surface area contributed by atoms with Crippen LogP contribution in [0.15, 0.2) is 42.5 Å². The quantitative estimate of drug-likeness (QED) is 0.617. The van der Waals surface area contributed by atoms with Gasteiger partial charge in [0.15, 0.2) is 11.5 Å². The van der Waals surface area contributed by atoms with E-state index in [9.17, 15) is 9.59 Å². The van der Waals surface area contributed by atoms with E-state index in [1.54, 1.807) is 12.1 Å². The average Bonchev–Trinajstić information content (AvgIpc) is 3.24. The van der Waals surface area contributed by atoms with Crippen molar-refractivity contribution >= 4 is 29.1 Å². The number of amides is 2. The van der Waals surface area contributed by atoms with Gasteiger partial charge >= 0.3 is 0 Å². The summed E-state index contributed by atoms with van der Waals surface area (Å²) in [5.74, 6) is 2.24. The average molecular weight is 467 g/mol. The molecule has 2 atom stereocenters. The molecule has 7 heteroatoms. The van der Waals surface area contributed by atoms with Crippen molar-refractivity contribution in [3.63, 3.8) is 0 Å². The van der Waals surface area contributed by atoms with Crippen LogP contribution in [0.2, 0.25) is 0 Å². The number of para-hydroxylation sites is 1. The summed E-state index contributed by atoms with van der Waals surface area (Å²) in [5, 5.41) is 6.06. The molecule has 2 amide bonds. The van der Waals surface area contributed by atoms with Crippen LogP contribution in [-0.4, -0.2) is 23.5 Å². The van der Waals surface area contributed by atoms with Crippen LogP contribution in [0.3, 0.4) is 0 Å². The fraction of sp³-hybridized carbons (Fsp3) is 0.462.